The third-order valence-corrected chi connectivity index (χ3v) is 0. The fourth-order valence-electron chi connectivity index (χ4n) is 0. The molecule has 0 saturated carbocycles. The Hall–Kier alpha value is 1.14. The molecule has 5 heavy (non-hydrogen) atoms. The number of halogens is 2. The average Bonchev–Trinajstić information content (AvgIpc) is 0.811. The molecule has 0 rings (SSSR count). The molecule has 34 valence electrons. The largest absolute Gasteiger partial charge is 0.358 e. The molecule has 0 saturated heterocycles. The molecule has 0 nitrogen and oxygen atoms in total. The summed E-state index contributed by atoms with van der Waals surface area (Å²) in [5, 5.41) is 0. The molecule has 0 fully saturated rings. The van der Waals surface area contributed by atoms with E-state index in [1.165, 1.54) is 0 Å². The number of hydrogen-bond acceptors (Lipinski definition) is 0. The first-order valence-corrected chi connectivity index (χ1v) is 7.19. The van der Waals surface area contributed by atoms with Gasteiger partial charge >= 0.3 is 38.5 Å². The van der Waals surface area contributed by atoms with Crippen LogP contribution in [0.25, 0.3) is 0 Å². The first-order valence-electron chi connectivity index (χ1n) is 0.597. The van der Waals surface area contributed by atoms with Gasteiger partial charge in [0.05, 0.1) is 0 Å². The maximum absolute atomic E-state index is 5.10. The van der Waals surface area contributed by atoms with E-state index < -0.39 is 14.8 Å². The third kappa shape index (κ3) is 39.1. The summed E-state index contributed by atoms with van der Waals surface area (Å²) < 4.78 is 0. The fraction of sp³-hybridized carbons (Fsp3) is 0. The molecule has 0 aliphatic rings. The van der Waals surface area contributed by atoms with E-state index in [1.54, 1.807) is 0 Å². The van der Waals surface area contributed by atoms with Gasteiger partial charge in [0.15, 0.2) is 0 Å². The van der Waals surface area contributed by atoms with Gasteiger partial charge in [-0.2, -0.15) is 0 Å². The minimum Gasteiger partial charge on any atom is -0.358 e. The second kappa shape index (κ2) is 5.14. The van der Waals surface area contributed by atoms with Crippen molar-refractivity contribution in [3.8, 4) is 0 Å². The Bertz CT molecular complexity index is 30.6. The Labute approximate surface area is 46.0 Å². The zero-order chi connectivity index (χ0) is 3.58. The normalized spacial score (nSPS) is 7.00. The maximum atomic E-state index is 5.10. The summed E-state index contributed by atoms with van der Waals surface area (Å²) in [5.74, 6) is 0. The quantitative estimate of drug-likeness (QED) is 0.409. The summed E-state index contributed by atoms with van der Waals surface area (Å²) in [6, 6.07) is 0. The summed E-state index contributed by atoms with van der Waals surface area (Å²) >= 11 is -1.66. The molecule has 0 amide bonds. The third-order valence-electron chi connectivity index (χ3n) is 0. The Morgan fingerprint density at radius 2 is 1.40 bits per heavy atom. The van der Waals surface area contributed by atoms with Crippen LogP contribution in [0.2, 0.25) is 0 Å². The predicted octanol–water partition coefficient (Wildman–Crippen LogP) is 1.79. The fourth-order valence-corrected chi connectivity index (χ4v) is 0. The summed E-state index contributed by atoms with van der Waals surface area (Å²) in [6.07, 6.45) is 0. The molecule has 3 heteroatoms. The van der Waals surface area contributed by atoms with Crippen molar-refractivity contribution < 1.29 is 14.8 Å². The van der Waals surface area contributed by atoms with Crippen LogP contribution in [0.1, 0.15) is 0 Å². The summed E-state index contributed by atoms with van der Waals surface area (Å²) in [4.78, 5) is 3.34. The molecule has 0 heterocycles. The van der Waals surface area contributed by atoms with E-state index >= 15 is 0 Å². The van der Waals surface area contributed by atoms with E-state index in [-0.39, 0.29) is 7.43 Å². The molecule has 0 bridgehead atoms. The van der Waals surface area contributed by atoms with Gasteiger partial charge < -0.3 is 7.43 Å². The van der Waals surface area contributed by atoms with Crippen molar-refractivity contribution in [1.82, 2.24) is 0 Å². The van der Waals surface area contributed by atoms with E-state index in [2.05, 4.69) is 4.90 Å². The van der Waals surface area contributed by atoms with Crippen molar-refractivity contribution in [1.29, 1.82) is 0 Å². The van der Waals surface area contributed by atoms with Crippen molar-refractivity contribution in [3.05, 3.63) is 7.43 Å². The van der Waals surface area contributed by atoms with Crippen LogP contribution in [-0.4, -0.2) is 4.90 Å². The van der Waals surface area contributed by atoms with Crippen molar-refractivity contribution in [3.63, 3.8) is 0 Å². The average molecular weight is 196 g/mol. The number of hydrogen-bond donors (Lipinski definition) is 0. The van der Waals surface area contributed by atoms with Gasteiger partial charge in [-0.15, -0.1) is 0 Å². The van der Waals surface area contributed by atoms with Gasteiger partial charge in [0, 0.05) is 0 Å². The van der Waals surface area contributed by atoms with E-state index in [9.17, 15) is 0 Å². The Morgan fingerprint density at radius 1 is 1.40 bits per heavy atom. The van der Waals surface area contributed by atoms with Crippen LogP contribution in [-0.2, 0) is 14.8 Å². The minimum atomic E-state index is -1.66. The summed E-state index contributed by atoms with van der Waals surface area (Å²) in [5.41, 5.74) is 0. The van der Waals surface area contributed by atoms with E-state index in [1.807, 2.05) is 0 Å². The monoisotopic (exact) mass is 197 g/mol. The molecule has 0 aliphatic heterocycles. The molecule has 0 aliphatic carbocycles. The van der Waals surface area contributed by atoms with Gasteiger partial charge in [-0.25, -0.2) is 0 Å². The summed E-state index contributed by atoms with van der Waals surface area (Å²) in [6.45, 7) is 0. The maximum Gasteiger partial charge on any atom is -0.358 e. The van der Waals surface area contributed by atoms with Crippen molar-refractivity contribution in [2.45, 2.75) is 0 Å². The van der Waals surface area contributed by atoms with Crippen LogP contribution in [0.15, 0.2) is 0 Å². The van der Waals surface area contributed by atoms with Gasteiger partial charge in [0.25, 0.3) is 0 Å². The molecule has 0 radical (unpaired) electrons. The second-order valence-corrected chi connectivity index (χ2v) is 6.98. The first kappa shape index (κ1) is 9.46. The first-order chi connectivity index (χ1) is 1.73. The second-order valence-electron chi connectivity index (χ2n) is 0.277. The molecule has 0 spiro atoms. The van der Waals surface area contributed by atoms with E-state index in [0.717, 1.165) is 0 Å². The van der Waals surface area contributed by atoms with Gasteiger partial charge in [-0.1, -0.05) is 0 Å². The molecule has 0 atom stereocenters. The van der Waals surface area contributed by atoms with Crippen LogP contribution in [0, 0.1) is 7.43 Å². The molecule has 0 aromatic carbocycles. The smallest absolute Gasteiger partial charge is 0.358 e. The molecule has 0 unspecified atom stereocenters. The van der Waals surface area contributed by atoms with E-state index in [0.29, 0.717) is 0 Å². The van der Waals surface area contributed by atoms with Crippen LogP contribution in [0.5, 0.6) is 0 Å². The van der Waals surface area contributed by atoms with Crippen molar-refractivity contribution >= 4 is 23.7 Å². The van der Waals surface area contributed by atoms with Crippen LogP contribution in [0.4, 0.5) is 0 Å². The van der Waals surface area contributed by atoms with Crippen LogP contribution in [0.3, 0.4) is 0 Å². The predicted molar refractivity (Wildman–Crippen MR) is 25.2 cm³/mol. The Morgan fingerprint density at radius 3 is 1.40 bits per heavy atom. The Kier molecular flexibility index (Phi) is 9.73. The van der Waals surface area contributed by atoms with E-state index in [4.69, 9.17) is 18.8 Å². The van der Waals surface area contributed by atoms with Gasteiger partial charge in [0.2, 0.25) is 0 Å². The van der Waals surface area contributed by atoms with Crippen LogP contribution < -0.4 is 0 Å². The topological polar surface area (TPSA) is 0 Å². The molecule has 0 N–H and O–H groups in total. The van der Waals surface area contributed by atoms with Gasteiger partial charge in [0.1, 0.15) is 0 Å². The molecular formula is C2H5Cl2Mo-. The SMILES string of the molecule is [CH2]=[Mo]([Cl])[Cl].[CH3-]. The zero-order valence-electron chi connectivity index (χ0n) is 2.87. The van der Waals surface area contributed by atoms with Crippen LogP contribution >= 0.6 is 18.8 Å². The van der Waals surface area contributed by atoms with Gasteiger partial charge in [-0.05, 0) is 0 Å². The van der Waals surface area contributed by atoms with Gasteiger partial charge in [-0.3, -0.25) is 0 Å². The molecular weight excluding hydrogens is 191 g/mol. The summed E-state index contributed by atoms with van der Waals surface area (Å²) in [7, 11) is 10.2. The molecule has 0 aromatic heterocycles. The Balaban J connectivity index is 0. The minimum absolute atomic E-state index is 0. The standard InChI is InChI=1S/CH3.CH2.2ClH.Mo/h1H3;1H2;2*1H;/q-1;;;;+2/p-2. The zero-order valence-corrected chi connectivity index (χ0v) is 6.39. The molecule has 0 aromatic rings. The van der Waals surface area contributed by atoms with Crippen molar-refractivity contribution in [2.24, 2.45) is 0 Å². The van der Waals surface area contributed by atoms with Crippen molar-refractivity contribution in [2.75, 3.05) is 0 Å². The number of rotatable bonds is 0.